The first-order valence-electron chi connectivity index (χ1n) is 14.2. The van der Waals surface area contributed by atoms with Crippen LogP contribution < -0.4 is 10.6 Å². The van der Waals surface area contributed by atoms with Crippen molar-refractivity contribution in [2.24, 2.45) is 0 Å². The first-order chi connectivity index (χ1) is 19.4. The van der Waals surface area contributed by atoms with Crippen LogP contribution in [0.25, 0.3) is 0 Å². The van der Waals surface area contributed by atoms with Crippen LogP contribution in [0.4, 0.5) is 5.69 Å². The fraction of sp³-hybridized carbons (Fsp3) is 0.452. The maximum atomic E-state index is 12.9. The SMILES string of the molecule is Cc1ccc(NC(=O)CCN2C(=S)N[C@@H](c3ccccn3)[C@@H]2c2cc(C)n(CCCN3CCOCC3)c2C)cc1. The maximum absolute atomic E-state index is 12.9. The molecule has 0 spiro atoms. The number of hydrogen-bond donors (Lipinski definition) is 2. The van der Waals surface area contributed by atoms with E-state index in [4.69, 9.17) is 17.0 Å². The van der Waals surface area contributed by atoms with Gasteiger partial charge >= 0.3 is 0 Å². The van der Waals surface area contributed by atoms with Gasteiger partial charge in [0.05, 0.1) is 31.0 Å². The van der Waals surface area contributed by atoms with Crippen LogP contribution in [-0.4, -0.2) is 69.8 Å². The molecule has 5 rings (SSSR count). The van der Waals surface area contributed by atoms with Crippen molar-refractivity contribution in [3.8, 4) is 0 Å². The number of aromatic nitrogens is 2. The van der Waals surface area contributed by atoms with Crippen molar-refractivity contribution in [2.45, 2.75) is 52.2 Å². The fourth-order valence-electron chi connectivity index (χ4n) is 5.82. The van der Waals surface area contributed by atoms with E-state index < -0.39 is 0 Å². The van der Waals surface area contributed by atoms with E-state index in [1.54, 1.807) is 0 Å². The Morgan fingerprint density at radius 2 is 1.85 bits per heavy atom. The highest BCUT2D eigenvalue weighted by Gasteiger charge is 2.41. The van der Waals surface area contributed by atoms with Crippen LogP contribution in [0.3, 0.4) is 0 Å². The molecule has 2 aromatic heterocycles. The lowest BCUT2D eigenvalue weighted by Gasteiger charge is -2.28. The van der Waals surface area contributed by atoms with Crippen LogP contribution in [0.1, 0.15) is 53.1 Å². The third-order valence-corrected chi connectivity index (χ3v) is 8.36. The lowest BCUT2D eigenvalue weighted by atomic mass is 9.96. The number of pyridine rings is 1. The third kappa shape index (κ3) is 6.54. The normalized spacial score (nSPS) is 19.6. The number of ether oxygens (including phenoxy) is 1. The highest BCUT2D eigenvalue weighted by atomic mass is 32.1. The molecule has 0 saturated carbocycles. The second-order valence-electron chi connectivity index (χ2n) is 10.8. The predicted octanol–water partition coefficient (Wildman–Crippen LogP) is 4.53. The number of anilines is 1. The molecule has 40 heavy (non-hydrogen) atoms. The number of hydrogen-bond acceptors (Lipinski definition) is 5. The molecule has 9 heteroatoms. The zero-order valence-corrected chi connectivity index (χ0v) is 24.5. The fourth-order valence-corrected chi connectivity index (χ4v) is 6.15. The molecule has 2 fully saturated rings. The molecule has 0 bridgehead atoms. The molecule has 2 saturated heterocycles. The first kappa shape index (κ1) is 28.3. The number of thiocarbonyl (C=S) groups is 1. The minimum atomic E-state index is -0.101. The number of morpholine rings is 1. The molecule has 2 atom stereocenters. The summed E-state index contributed by atoms with van der Waals surface area (Å²) in [4.78, 5) is 22.2. The van der Waals surface area contributed by atoms with Crippen molar-refractivity contribution in [2.75, 3.05) is 44.7 Å². The summed E-state index contributed by atoms with van der Waals surface area (Å²) in [6.07, 6.45) is 3.24. The number of rotatable bonds is 10. The summed E-state index contributed by atoms with van der Waals surface area (Å²) in [6.45, 7) is 12.6. The number of aryl methyl sites for hydroxylation is 2. The minimum absolute atomic E-state index is 0.0275. The van der Waals surface area contributed by atoms with Gasteiger partial charge in [-0.15, -0.1) is 0 Å². The summed E-state index contributed by atoms with van der Waals surface area (Å²) in [5, 5.41) is 7.20. The van der Waals surface area contributed by atoms with E-state index in [-0.39, 0.29) is 18.0 Å². The quantitative estimate of drug-likeness (QED) is 0.353. The molecule has 2 N–H and O–H groups in total. The van der Waals surface area contributed by atoms with Gasteiger partial charge in [0.25, 0.3) is 0 Å². The predicted molar refractivity (Wildman–Crippen MR) is 162 cm³/mol. The van der Waals surface area contributed by atoms with E-state index in [0.717, 1.165) is 62.8 Å². The van der Waals surface area contributed by atoms with Crippen molar-refractivity contribution in [1.82, 2.24) is 24.7 Å². The molecule has 212 valence electrons. The summed E-state index contributed by atoms with van der Waals surface area (Å²) in [5.41, 5.74) is 6.62. The van der Waals surface area contributed by atoms with Crippen LogP contribution in [0.5, 0.6) is 0 Å². The van der Waals surface area contributed by atoms with Gasteiger partial charge in [-0.25, -0.2) is 0 Å². The molecule has 2 aliphatic heterocycles. The van der Waals surface area contributed by atoms with Crippen molar-refractivity contribution in [1.29, 1.82) is 0 Å². The topological polar surface area (TPSA) is 74.7 Å². The van der Waals surface area contributed by atoms with Gasteiger partial charge in [-0.3, -0.25) is 14.7 Å². The lowest BCUT2D eigenvalue weighted by Crippen LogP contribution is -2.37. The monoisotopic (exact) mass is 560 g/mol. The minimum Gasteiger partial charge on any atom is -0.379 e. The van der Waals surface area contributed by atoms with Gasteiger partial charge in [-0.1, -0.05) is 23.8 Å². The Kier molecular flexibility index (Phi) is 9.14. The number of amides is 1. The van der Waals surface area contributed by atoms with Crippen LogP contribution in [0.15, 0.2) is 54.7 Å². The van der Waals surface area contributed by atoms with E-state index >= 15 is 0 Å². The number of carbonyl (C=O) groups is 1. The highest BCUT2D eigenvalue weighted by molar-refractivity contribution is 7.80. The summed E-state index contributed by atoms with van der Waals surface area (Å²) < 4.78 is 7.92. The Hall–Kier alpha value is -3.27. The molecule has 3 aromatic rings. The van der Waals surface area contributed by atoms with Gasteiger partial charge in [0.15, 0.2) is 5.11 Å². The van der Waals surface area contributed by atoms with E-state index in [2.05, 4.69) is 49.9 Å². The summed E-state index contributed by atoms with van der Waals surface area (Å²) in [6, 6.07) is 16.0. The molecule has 2 aliphatic rings. The van der Waals surface area contributed by atoms with Crippen molar-refractivity contribution in [3.63, 3.8) is 0 Å². The third-order valence-electron chi connectivity index (χ3n) is 8.00. The van der Waals surface area contributed by atoms with Crippen LogP contribution in [0, 0.1) is 20.8 Å². The van der Waals surface area contributed by atoms with Crippen molar-refractivity contribution < 1.29 is 9.53 Å². The first-order valence-corrected chi connectivity index (χ1v) is 14.6. The van der Waals surface area contributed by atoms with Gasteiger partial charge in [-0.05, 0) is 75.3 Å². The van der Waals surface area contributed by atoms with E-state index in [9.17, 15) is 4.79 Å². The molecular formula is C31H40N6O2S. The molecular weight excluding hydrogens is 520 g/mol. The van der Waals surface area contributed by atoms with E-state index in [0.29, 0.717) is 18.1 Å². The Bertz CT molecular complexity index is 1300. The van der Waals surface area contributed by atoms with Crippen LogP contribution in [0.2, 0.25) is 0 Å². The van der Waals surface area contributed by atoms with E-state index in [1.807, 2.05) is 55.6 Å². The van der Waals surface area contributed by atoms with Crippen molar-refractivity contribution in [3.05, 3.63) is 82.9 Å². The molecule has 1 aromatic carbocycles. The highest BCUT2D eigenvalue weighted by Crippen LogP contribution is 2.41. The molecule has 8 nitrogen and oxygen atoms in total. The molecule has 4 heterocycles. The summed E-state index contributed by atoms with van der Waals surface area (Å²) in [7, 11) is 0. The summed E-state index contributed by atoms with van der Waals surface area (Å²) in [5.74, 6) is -0.0275. The summed E-state index contributed by atoms with van der Waals surface area (Å²) >= 11 is 5.85. The van der Waals surface area contributed by atoms with Gasteiger partial charge < -0.3 is 24.8 Å². The Morgan fingerprint density at radius 1 is 1.07 bits per heavy atom. The maximum Gasteiger partial charge on any atom is 0.226 e. The number of benzene rings is 1. The van der Waals surface area contributed by atoms with Gasteiger partial charge in [0, 0.05) is 62.4 Å². The van der Waals surface area contributed by atoms with Crippen LogP contribution >= 0.6 is 12.2 Å². The van der Waals surface area contributed by atoms with Crippen molar-refractivity contribution >= 4 is 28.9 Å². The molecule has 0 aliphatic carbocycles. The lowest BCUT2D eigenvalue weighted by molar-refractivity contribution is -0.116. The number of carbonyl (C=O) groups excluding carboxylic acids is 1. The second-order valence-corrected chi connectivity index (χ2v) is 11.2. The van der Waals surface area contributed by atoms with E-state index in [1.165, 1.54) is 17.0 Å². The Labute approximate surface area is 242 Å². The Balaban J connectivity index is 1.34. The van der Waals surface area contributed by atoms with Gasteiger partial charge in [-0.2, -0.15) is 0 Å². The number of nitrogens with zero attached hydrogens (tertiary/aromatic N) is 4. The largest absolute Gasteiger partial charge is 0.379 e. The smallest absolute Gasteiger partial charge is 0.226 e. The zero-order valence-electron chi connectivity index (χ0n) is 23.7. The molecule has 1 amide bonds. The average molecular weight is 561 g/mol. The molecule has 0 unspecified atom stereocenters. The molecule has 0 radical (unpaired) electrons. The average Bonchev–Trinajstić information content (AvgIpc) is 3.44. The standard InChI is InChI=1S/C31H40N6O2S/c1-22-8-10-25(11-9-22)33-28(38)12-16-37-30(29(34-31(37)40)27-7-4-5-13-32-27)26-21-23(2)36(24(26)3)15-6-14-35-17-19-39-20-18-35/h4-5,7-11,13,21,29-30H,6,12,14-20H2,1-3H3,(H,33,38)(H,34,40)/t29-,30-/m0/s1. The number of nitrogens with one attached hydrogen (secondary N) is 2. The van der Waals surface area contributed by atoms with Crippen LogP contribution in [-0.2, 0) is 16.1 Å². The second kappa shape index (κ2) is 12.9. The Morgan fingerprint density at radius 3 is 2.58 bits per heavy atom. The van der Waals surface area contributed by atoms with Gasteiger partial charge in [0.1, 0.15) is 0 Å². The van der Waals surface area contributed by atoms with Gasteiger partial charge in [0.2, 0.25) is 5.91 Å². The zero-order chi connectivity index (χ0) is 28.1.